The molecule has 0 aliphatic carbocycles. The molecule has 1 amide bonds. The Morgan fingerprint density at radius 1 is 0.837 bits per heavy atom. The fourth-order valence-electron chi connectivity index (χ4n) is 4.22. The lowest BCUT2D eigenvalue weighted by atomic mass is 10.0. The molecular weight excluding hydrogens is 579 g/mol. The van der Waals surface area contributed by atoms with Crippen LogP contribution in [0, 0.1) is 0 Å². The average Bonchev–Trinajstić information content (AvgIpc) is 3.47. The van der Waals surface area contributed by atoms with Crippen LogP contribution in [0.25, 0.3) is 33.9 Å². The van der Waals surface area contributed by atoms with Crippen molar-refractivity contribution in [3.05, 3.63) is 120 Å². The van der Waals surface area contributed by atoms with Gasteiger partial charge in [0.25, 0.3) is 5.91 Å². The number of halogens is 3. The highest BCUT2D eigenvalue weighted by atomic mass is 32.2. The maximum Gasteiger partial charge on any atom is 0.416 e. The number of thioether (sulfide) groups is 1. The summed E-state index contributed by atoms with van der Waals surface area (Å²) in [5, 5.41) is 12.3. The molecule has 1 atom stereocenters. The van der Waals surface area contributed by atoms with E-state index in [4.69, 9.17) is 4.42 Å². The van der Waals surface area contributed by atoms with Gasteiger partial charge in [-0.2, -0.15) is 24.9 Å². The summed E-state index contributed by atoms with van der Waals surface area (Å²) in [6.45, 7) is 0. The number of oxazole rings is 1. The van der Waals surface area contributed by atoms with E-state index in [-0.39, 0.29) is 28.7 Å². The third-order valence-corrected chi connectivity index (χ3v) is 7.57. The van der Waals surface area contributed by atoms with E-state index in [1.807, 2.05) is 54.6 Å². The standard InChI is InChI=1S/C32H24F3N3O4S/c33-32(34,35)25-12-10-24(11-13-25)30-38-27(28(42-30)23-8-6-21(7-9-23)22-14-16-36-17-15-22)29(39)37-26(31(40)41)19-43-18-20-4-2-1-3-5-20/h1-17,26H,18-19H2,(H,37,39)(H,40,41)/t26-/m0/s1. The third kappa shape index (κ3) is 7.31. The number of pyridine rings is 1. The second-order valence-electron chi connectivity index (χ2n) is 9.45. The van der Waals surface area contributed by atoms with Crippen molar-refractivity contribution in [3.63, 3.8) is 0 Å². The number of carbonyl (C=O) groups is 2. The van der Waals surface area contributed by atoms with Gasteiger partial charge in [-0.05, 0) is 53.1 Å². The van der Waals surface area contributed by atoms with Crippen LogP contribution < -0.4 is 5.32 Å². The average molecular weight is 604 g/mol. The number of rotatable bonds is 10. The maximum absolute atomic E-state index is 13.4. The van der Waals surface area contributed by atoms with Crippen molar-refractivity contribution in [2.24, 2.45) is 0 Å². The van der Waals surface area contributed by atoms with Gasteiger partial charge in [0.2, 0.25) is 5.89 Å². The second kappa shape index (κ2) is 13.0. The summed E-state index contributed by atoms with van der Waals surface area (Å²) >= 11 is 1.35. The topological polar surface area (TPSA) is 105 Å². The zero-order valence-corrected chi connectivity index (χ0v) is 23.2. The summed E-state index contributed by atoms with van der Waals surface area (Å²) < 4.78 is 45.2. The number of benzene rings is 3. The fraction of sp³-hybridized carbons (Fsp3) is 0.125. The molecule has 0 saturated carbocycles. The number of carboxylic acid groups (broad SMARTS) is 1. The molecule has 3 aromatic carbocycles. The van der Waals surface area contributed by atoms with E-state index >= 15 is 0 Å². The molecule has 2 heterocycles. The number of nitrogens with zero attached hydrogens (tertiary/aromatic N) is 2. The van der Waals surface area contributed by atoms with Crippen molar-refractivity contribution in [1.29, 1.82) is 0 Å². The van der Waals surface area contributed by atoms with Gasteiger partial charge in [-0.25, -0.2) is 9.78 Å². The summed E-state index contributed by atoms with van der Waals surface area (Å²) in [4.78, 5) is 33.8. The molecule has 43 heavy (non-hydrogen) atoms. The Kier molecular flexibility index (Phi) is 8.91. The van der Waals surface area contributed by atoms with Gasteiger partial charge in [0.1, 0.15) is 6.04 Å². The zero-order chi connectivity index (χ0) is 30.4. The molecule has 218 valence electrons. The minimum Gasteiger partial charge on any atom is -0.480 e. The van der Waals surface area contributed by atoms with E-state index in [0.717, 1.165) is 28.8 Å². The van der Waals surface area contributed by atoms with E-state index in [1.165, 1.54) is 23.9 Å². The smallest absolute Gasteiger partial charge is 0.416 e. The van der Waals surface area contributed by atoms with Crippen LogP contribution in [0.4, 0.5) is 13.2 Å². The molecule has 2 aromatic heterocycles. The summed E-state index contributed by atoms with van der Waals surface area (Å²) in [5.74, 6) is -1.40. The van der Waals surface area contributed by atoms with Crippen LogP contribution in [-0.2, 0) is 16.7 Å². The molecular formula is C32H24F3N3O4S. The van der Waals surface area contributed by atoms with Gasteiger partial charge < -0.3 is 14.8 Å². The SMILES string of the molecule is O=C(N[C@@H](CSCc1ccccc1)C(=O)O)c1nc(-c2ccc(C(F)(F)F)cc2)oc1-c1ccc(-c2ccncc2)cc1. The van der Waals surface area contributed by atoms with Crippen LogP contribution in [0.3, 0.4) is 0 Å². The van der Waals surface area contributed by atoms with Gasteiger partial charge in [-0.1, -0.05) is 54.6 Å². The van der Waals surface area contributed by atoms with Gasteiger partial charge in [0.05, 0.1) is 5.56 Å². The van der Waals surface area contributed by atoms with Crippen molar-refractivity contribution in [3.8, 4) is 33.9 Å². The molecule has 0 spiro atoms. The first-order valence-corrected chi connectivity index (χ1v) is 14.2. The van der Waals surface area contributed by atoms with Crippen molar-refractivity contribution in [2.45, 2.75) is 18.0 Å². The Labute approximate surface area is 248 Å². The lowest BCUT2D eigenvalue weighted by molar-refractivity contribution is -0.139. The molecule has 5 aromatic rings. The number of aromatic nitrogens is 2. The van der Waals surface area contributed by atoms with Crippen molar-refractivity contribution in [2.75, 3.05) is 5.75 Å². The summed E-state index contributed by atoms with van der Waals surface area (Å²) in [6.07, 6.45) is -1.20. The number of carbonyl (C=O) groups excluding carboxylic acids is 1. The lowest BCUT2D eigenvalue weighted by Gasteiger charge is -2.14. The van der Waals surface area contributed by atoms with Crippen molar-refractivity contribution < 1.29 is 32.3 Å². The second-order valence-corrected chi connectivity index (χ2v) is 10.5. The van der Waals surface area contributed by atoms with Crippen LogP contribution in [0.1, 0.15) is 21.6 Å². The number of alkyl halides is 3. The van der Waals surface area contributed by atoms with Gasteiger partial charge in [-0.3, -0.25) is 9.78 Å². The van der Waals surface area contributed by atoms with E-state index in [9.17, 15) is 27.9 Å². The molecule has 0 unspecified atom stereocenters. The predicted molar refractivity (Wildman–Crippen MR) is 157 cm³/mol. The molecule has 2 N–H and O–H groups in total. The van der Waals surface area contributed by atoms with Crippen molar-refractivity contribution in [1.82, 2.24) is 15.3 Å². The van der Waals surface area contributed by atoms with Crippen molar-refractivity contribution >= 4 is 23.6 Å². The first kappa shape index (κ1) is 29.6. The van der Waals surface area contributed by atoms with E-state index in [2.05, 4.69) is 15.3 Å². The minimum atomic E-state index is -4.52. The molecule has 0 radical (unpaired) electrons. The Hall–Kier alpha value is -4.90. The molecule has 0 aliphatic rings. The Bertz CT molecular complexity index is 1690. The predicted octanol–water partition coefficient (Wildman–Crippen LogP) is 7.21. The van der Waals surface area contributed by atoms with Gasteiger partial charge in [0, 0.05) is 35.0 Å². The summed E-state index contributed by atoms with van der Waals surface area (Å²) in [7, 11) is 0. The molecule has 0 saturated heterocycles. The first-order valence-electron chi connectivity index (χ1n) is 13.0. The Morgan fingerprint density at radius 3 is 2.07 bits per heavy atom. The summed E-state index contributed by atoms with van der Waals surface area (Å²) in [5.41, 5.74) is 2.46. The molecule has 0 fully saturated rings. The number of hydrogen-bond acceptors (Lipinski definition) is 6. The fourth-order valence-corrected chi connectivity index (χ4v) is 5.23. The maximum atomic E-state index is 13.4. The molecule has 0 aliphatic heterocycles. The first-order chi connectivity index (χ1) is 20.7. The molecule has 7 nitrogen and oxygen atoms in total. The van der Waals surface area contributed by atoms with Crippen LogP contribution >= 0.6 is 11.8 Å². The van der Waals surface area contributed by atoms with Crippen LogP contribution in [0.5, 0.6) is 0 Å². The van der Waals surface area contributed by atoms with Gasteiger partial charge in [0.15, 0.2) is 11.5 Å². The molecule has 11 heteroatoms. The number of nitrogens with one attached hydrogen (secondary N) is 1. The minimum absolute atomic E-state index is 0.0507. The highest BCUT2D eigenvalue weighted by Crippen LogP contribution is 2.34. The lowest BCUT2D eigenvalue weighted by Crippen LogP contribution is -2.42. The Balaban J connectivity index is 1.43. The van der Waals surface area contributed by atoms with E-state index in [1.54, 1.807) is 24.5 Å². The summed E-state index contributed by atoms with van der Waals surface area (Å²) in [6, 6.07) is 23.2. The van der Waals surface area contributed by atoms with Gasteiger partial charge >= 0.3 is 12.1 Å². The van der Waals surface area contributed by atoms with Crippen LogP contribution in [0.2, 0.25) is 0 Å². The monoisotopic (exact) mass is 603 g/mol. The number of hydrogen-bond donors (Lipinski definition) is 2. The van der Waals surface area contributed by atoms with Crippen LogP contribution in [-0.4, -0.2) is 38.7 Å². The third-order valence-electron chi connectivity index (χ3n) is 6.46. The van der Waals surface area contributed by atoms with Gasteiger partial charge in [-0.15, -0.1) is 0 Å². The molecule has 5 rings (SSSR count). The number of amides is 1. The normalized spacial score (nSPS) is 12.1. The number of carboxylic acids is 1. The largest absolute Gasteiger partial charge is 0.480 e. The zero-order valence-electron chi connectivity index (χ0n) is 22.4. The quantitative estimate of drug-likeness (QED) is 0.174. The molecule has 0 bridgehead atoms. The highest BCUT2D eigenvalue weighted by molar-refractivity contribution is 7.98. The highest BCUT2D eigenvalue weighted by Gasteiger charge is 2.31. The van der Waals surface area contributed by atoms with Crippen LogP contribution in [0.15, 0.2) is 108 Å². The number of aliphatic carboxylic acids is 1. The van der Waals surface area contributed by atoms with E-state index < -0.39 is 29.7 Å². The van der Waals surface area contributed by atoms with E-state index in [0.29, 0.717) is 11.3 Å². The Morgan fingerprint density at radius 2 is 1.44 bits per heavy atom.